The van der Waals surface area contributed by atoms with Crippen molar-refractivity contribution < 1.29 is 9.18 Å². The number of nitrogens with two attached hydrogens (primary N) is 1. The molecule has 2 fully saturated rings. The highest BCUT2D eigenvalue weighted by Crippen LogP contribution is 2.47. The van der Waals surface area contributed by atoms with Crippen molar-refractivity contribution in [2.24, 2.45) is 11.1 Å². The van der Waals surface area contributed by atoms with E-state index in [4.69, 9.17) is 5.73 Å². The van der Waals surface area contributed by atoms with Gasteiger partial charge in [-0.15, -0.1) is 0 Å². The quantitative estimate of drug-likeness (QED) is 0.878. The average molecular weight is 330 g/mol. The zero-order chi connectivity index (χ0) is 16.7. The molecule has 1 saturated carbocycles. The Morgan fingerprint density at radius 2 is 2.29 bits per heavy atom. The van der Waals surface area contributed by atoms with E-state index in [-0.39, 0.29) is 23.3 Å². The number of nitrogens with zero attached hydrogens (tertiary/aromatic N) is 4. The van der Waals surface area contributed by atoms with E-state index >= 15 is 0 Å². The number of likely N-dealkylation sites (tertiary alicyclic amines) is 1. The van der Waals surface area contributed by atoms with Crippen LogP contribution in [0.3, 0.4) is 0 Å². The Morgan fingerprint density at radius 3 is 2.96 bits per heavy atom. The van der Waals surface area contributed by atoms with Crippen LogP contribution in [-0.4, -0.2) is 44.8 Å². The Labute approximate surface area is 138 Å². The Bertz CT molecular complexity index is 771. The minimum absolute atomic E-state index is 0.0438. The molecule has 24 heavy (non-hydrogen) atoms. The summed E-state index contributed by atoms with van der Waals surface area (Å²) < 4.78 is 15.0. The number of rotatable bonds is 2. The van der Waals surface area contributed by atoms with Crippen molar-refractivity contribution in [1.29, 1.82) is 0 Å². The predicted molar refractivity (Wildman–Crippen MR) is 86.2 cm³/mol. The number of anilines is 1. The summed E-state index contributed by atoms with van der Waals surface area (Å²) in [5, 5.41) is 6.85. The highest BCUT2D eigenvalue weighted by Gasteiger charge is 2.49. The Kier molecular flexibility index (Phi) is 3.49. The normalized spacial score (nSPS) is 21.8. The van der Waals surface area contributed by atoms with E-state index in [1.165, 1.54) is 35.6 Å². The fourth-order valence-electron chi connectivity index (χ4n) is 3.56. The van der Waals surface area contributed by atoms with E-state index in [1.807, 2.05) is 0 Å². The van der Waals surface area contributed by atoms with E-state index in [1.54, 1.807) is 11.1 Å². The lowest BCUT2D eigenvalue weighted by molar-refractivity contribution is 0.127. The summed E-state index contributed by atoms with van der Waals surface area (Å²) in [6.07, 6.45) is 7.87. The molecule has 0 bridgehead atoms. The second kappa shape index (κ2) is 5.55. The SMILES string of the molecule is NC1CN(C(=O)Nc2cnn(-c3ncccc3F)c2)CC12CCC2. The molecule has 2 amide bonds. The molecule has 4 rings (SSSR count). The Morgan fingerprint density at radius 1 is 1.46 bits per heavy atom. The average Bonchev–Trinajstić information content (AvgIpc) is 3.12. The van der Waals surface area contributed by atoms with Crippen LogP contribution >= 0.6 is 0 Å². The van der Waals surface area contributed by atoms with Gasteiger partial charge in [-0.25, -0.2) is 18.9 Å². The van der Waals surface area contributed by atoms with Gasteiger partial charge in [0.2, 0.25) is 0 Å². The van der Waals surface area contributed by atoms with E-state index < -0.39 is 5.82 Å². The first kappa shape index (κ1) is 15.1. The van der Waals surface area contributed by atoms with Crippen LogP contribution in [0.4, 0.5) is 14.9 Å². The number of hydrogen-bond acceptors (Lipinski definition) is 4. The largest absolute Gasteiger partial charge is 0.326 e. The topological polar surface area (TPSA) is 89.1 Å². The van der Waals surface area contributed by atoms with Crippen molar-refractivity contribution in [3.05, 3.63) is 36.5 Å². The number of hydrogen-bond donors (Lipinski definition) is 2. The molecule has 2 aromatic heterocycles. The highest BCUT2D eigenvalue weighted by molar-refractivity contribution is 5.89. The summed E-state index contributed by atoms with van der Waals surface area (Å²) >= 11 is 0. The monoisotopic (exact) mass is 330 g/mol. The molecule has 1 saturated heterocycles. The van der Waals surface area contributed by atoms with Crippen molar-refractivity contribution in [3.8, 4) is 5.82 Å². The molecule has 3 heterocycles. The van der Waals surface area contributed by atoms with Gasteiger partial charge >= 0.3 is 6.03 Å². The smallest absolute Gasteiger partial charge is 0.322 e. The summed E-state index contributed by atoms with van der Waals surface area (Å²) in [6.45, 7) is 1.26. The summed E-state index contributed by atoms with van der Waals surface area (Å²) in [6, 6.07) is 2.67. The van der Waals surface area contributed by atoms with E-state index in [0.29, 0.717) is 18.8 Å². The molecule has 7 nitrogen and oxygen atoms in total. The fourth-order valence-corrected chi connectivity index (χ4v) is 3.56. The first-order chi connectivity index (χ1) is 11.6. The van der Waals surface area contributed by atoms with E-state index in [0.717, 1.165) is 12.8 Å². The number of urea groups is 1. The third-order valence-corrected chi connectivity index (χ3v) is 5.14. The van der Waals surface area contributed by atoms with Crippen LogP contribution in [0.2, 0.25) is 0 Å². The molecule has 8 heteroatoms. The van der Waals surface area contributed by atoms with Crippen LogP contribution in [0.25, 0.3) is 5.82 Å². The van der Waals surface area contributed by atoms with Gasteiger partial charge in [0.25, 0.3) is 0 Å². The molecule has 1 unspecified atom stereocenters. The molecule has 1 aliphatic heterocycles. The standard InChI is InChI=1S/C16H19FN6O/c17-12-3-1-6-19-14(12)23-8-11(7-20-23)21-15(24)22-9-13(18)16(10-22)4-2-5-16/h1,3,6-8,13H,2,4-5,9-10,18H2,(H,21,24). The predicted octanol–water partition coefficient (Wildman–Crippen LogP) is 1.75. The van der Waals surface area contributed by atoms with Crippen LogP contribution in [-0.2, 0) is 0 Å². The minimum Gasteiger partial charge on any atom is -0.326 e. The maximum atomic E-state index is 13.7. The number of pyridine rings is 1. The van der Waals surface area contributed by atoms with Crippen molar-refractivity contribution in [2.75, 3.05) is 18.4 Å². The number of halogens is 1. The van der Waals surface area contributed by atoms with Crippen molar-refractivity contribution in [2.45, 2.75) is 25.3 Å². The van der Waals surface area contributed by atoms with Crippen molar-refractivity contribution in [3.63, 3.8) is 0 Å². The Hall–Kier alpha value is -2.48. The third-order valence-electron chi connectivity index (χ3n) is 5.14. The van der Waals surface area contributed by atoms with Crippen molar-refractivity contribution >= 4 is 11.7 Å². The molecule has 2 aromatic rings. The van der Waals surface area contributed by atoms with Gasteiger partial charge < -0.3 is 16.0 Å². The molecule has 2 aliphatic rings. The number of nitrogens with one attached hydrogen (secondary N) is 1. The second-order valence-corrected chi connectivity index (χ2v) is 6.62. The number of amides is 2. The number of carbonyl (C=O) groups excluding carboxylic acids is 1. The van der Waals surface area contributed by atoms with Crippen LogP contribution in [0.5, 0.6) is 0 Å². The number of aromatic nitrogens is 3. The first-order valence-corrected chi connectivity index (χ1v) is 8.04. The molecule has 126 valence electrons. The van der Waals surface area contributed by atoms with E-state index in [2.05, 4.69) is 15.4 Å². The summed E-state index contributed by atoms with van der Waals surface area (Å²) in [5.74, 6) is -0.384. The van der Waals surface area contributed by atoms with Gasteiger partial charge in [0.05, 0.1) is 18.1 Å². The highest BCUT2D eigenvalue weighted by atomic mass is 19.1. The lowest BCUT2D eigenvalue weighted by atomic mass is 9.66. The fraction of sp³-hybridized carbons (Fsp3) is 0.438. The minimum atomic E-state index is -0.476. The van der Waals surface area contributed by atoms with Gasteiger partial charge in [0, 0.05) is 30.7 Å². The maximum Gasteiger partial charge on any atom is 0.322 e. The summed E-state index contributed by atoms with van der Waals surface area (Å²) in [7, 11) is 0. The lowest BCUT2D eigenvalue weighted by Gasteiger charge is -2.41. The summed E-state index contributed by atoms with van der Waals surface area (Å²) in [5.41, 5.74) is 6.81. The van der Waals surface area contributed by atoms with Crippen LogP contribution in [0.15, 0.2) is 30.7 Å². The Balaban J connectivity index is 1.45. The number of carbonyl (C=O) groups is 1. The lowest BCUT2D eigenvalue weighted by Crippen LogP contribution is -2.45. The van der Waals surface area contributed by atoms with E-state index in [9.17, 15) is 9.18 Å². The molecule has 1 atom stereocenters. The second-order valence-electron chi connectivity index (χ2n) is 6.62. The van der Waals surface area contributed by atoms with Crippen molar-refractivity contribution in [1.82, 2.24) is 19.7 Å². The van der Waals surface area contributed by atoms with Gasteiger partial charge in [-0.1, -0.05) is 6.42 Å². The van der Waals surface area contributed by atoms with Crippen LogP contribution < -0.4 is 11.1 Å². The van der Waals surface area contributed by atoms with Gasteiger partial charge in [0.15, 0.2) is 11.6 Å². The molecular weight excluding hydrogens is 311 g/mol. The molecule has 1 spiro atoms. The van der Waals surface area contributed by atoms with Crippen LogP contribution in [0, 0.1) is 11.2 Å². The van der Waals surface area contributed by atoms with Crippen LogP contribution in [0.1, 0.15) is 19.3 Å². The zero-order valence-corrected chi connectivity index (χ0v) is 13.2. The zero-order valence-electron chi connectivity index (χ0n) is 13.2. The summed E-state index contributed by atoms with van der Waals surface area (Å²) in [4.78, 5) is 18.1. The third kappa shape index (κ3) is 2.43. The van der Waals surface area contributed by atoms with Gasteiger partial charge in [-0.05, 0) is 25.0 Å². The first-order valence-electron chi connectivity index (χ1n) is 8.04. The molecule has 3 N–H and O–H groups in total. The molecular formula is C16H19FN6O. The molecule has 0 radical (unpaired) electrons. The van der Waals surface area contributed by atoms with Gasteiger partial charge in [-0.2, -0.15) is 5.10 Å². The van der Waals surface area contributed by atoms with Gasteiger partial charge in [0.1, 0.15) is 0 Å². The van der Waals surface area contributed by atoms with Gasteiger partial charge in [-0.3, -0.25) is 0 Å². The molecule has 1 aliphatic carbocycles. The maximum absolute atomic E-state index is 13.7. The molecule has 0 aromatic carbocycles.